The Bertz CT molecular complexity index is 2230. The number of nitrogens with zero attached hydrogens (tertiary/aromatic N) is 3. The summed E-state index contributed by atoms with van der Waals surface area (Å²) in [4.78, 5) is 14.5. The molecule has 0 aliphatic carbocycles. The molecule has 0 fully saturated rings. The lowest BCUT2D eigenvalue weighted by atomic mass is 9.99. The fourth-order valence-electron chi connectivity index (χ4n) is 6.11. The standard InChI is InChI=1S/C45H34N6/c46-43(51-45-47-28-7-29-48-45)39-24-16-36(17-25-39)35-14-22-38(23-15-35)42-30-41(37-20-12-33(13-21-37)31-8-3-1-4-9-31)49-44(50-42)40-26-18-34(19-27-40)32-10-5-2-6-11-32/h1-30,45,47H,(H2,46,51). The lowest BCUT2D eigenvalue weighted by Gasteiger charge is -2.18. The predicted octanol–water partition coefficient (Wildman–Crippen LogP) is 9.86. The first-order chi connectivity index (χ1) is 25.2. The van der Waals surface area contributed by atoms with Crippen LogP contribution in [0.25, 0.3) is 67.3 Å². The molecule has 0 saturated heterocycles. The first kappa shape index (κ1) is 31.4. The monoisotopic (exact) mass is 658 g/mol. The highest BCUT2D eigenvalue weighted by atomic mass is 15.3. The van der Waals surface area contributed by atoms with Crippen molar-refractivity contribution in [3.8, 4) is 67.3 Å². The summed E-state index contributed by atoms with van der Waals surface area (Å²) < 4.78 is 0. The molecule has 2 heterocycles. The van der Waals surface area contributed by atoms with Gasteiger partial charge in [-0.2, -0.15) is 0 Å². The van der Waals surface area contributed by atoms with Gasteiger partial charge in [0.15, 0.2) is 12.1 Å². The van der Waals surface area contributed by atoms with Gasteiger partial charge in [0.1, 0.15) is 5.84 Å². The molecule has 51 heavy (non-hydrogen) atoms. The van der Waals surface area contributed by atoms with Gasteiger partial charge in [-0.05, 0) is 45.5 Å². The van der Waals surface area contributed by atoms with Crippen molar-refractivity contribution >= 4 is 12.1 Å². The average Bonchev–Trinajstić information content (AvgIpc) is 3.22. The van der Waals surface area contributed by atoms with E-state index in [-0.39, 0.29) is 6.29 Å². The van der Waals surface area contributed by atoms with Gasteiger partial charge in [0.25, 0.3) is 0 Å². The number of aromatic nitrogens is 2. The second-order valence-corrected chi connectivity index (χ2v) is 12.2. The van der Waals surface area contributed by atoms with Crippen LogP contribution in [0.1, 0.15) is 5.56 Å². The Labute approximate surface area is 297 Å². The van der Waals surface area contributed by atoms with Crippen molar-refractivity contribution in [1.82, 2.24) is 20.6 Å². The summed E-state index contributed by atoms with van der Waals surface area (Å²) in [5, 5.41) is 14.6. The summed E-state index contributed by atoms with van der Waals surface area (Å²) in [6.45, 7) is 0. The minimum absolute atomic E-state index is 0.307. The molecule has 1 aromatic heterocycles. The molecular formula is C45H34N6. The molecule has 0 bridgehead atoms. The third-order valence-corrected chi connectivity index (χ3v) is 8.90. The van der Waals surface area contributed by atoms with E-state index in [1.54, 1.807) is 12.4 Å². The molecule has 0 amide bonds. The smallest absolute Gasteiger partial charge is 0.194 e. The number of rotatable bonds is 8. The van der Waals surface area contributed by atoms with E-state index in [2.05, 4.69) is 143 Å². The van der Waals surface area contributed by atoms with Gasteiger partial charge in [-0.15, -0.1) is 0 Å². The number of allylic oxidation sites excluding steroid dienone is 1. The van der Waals surface area contributed by atoms with Crippen LogP contribution < -0.4 is 10.6 Å². The zero-order valence-corrected chi connectivity index (χ0v) is 27.7. The Morgan fingerprint density at radius 1 is 0.490 bits per heavy atom. The molecule has 6 aromatic carbocycles. The zero-order chi connectivity index (χ0) is 34.4. The number of amidine groups is 1. The molecule has 3 N–H and O–H groups in total. The van der Waals surface area contributed by atoms with Crippen LogP contribution in [0.3, 0.4) is 0 Å². The Morgan fingerprint density at radius 2 is 0.902 bits per heavy atom. The second kappa shape index (κ2) is 14.3. The van der Waals surface area contributed by atoms with Crippen molar-refractivity contribution in [2.75, 3.05) is 0 Å². The summed E-state index contributed by atoms with van der Waals surface area (Å²) in [5.74, 6) is 0.983. The fourth-order valence-corrected chi connectivity index (χ4v) is 6.11. The highest BCUT2D eigenvalue weighted by Crippen LogP contribution is 2.31. The van der Waals surface area contributed by atoms with Gasteiger partial charge in [0, 0.05) is 34.7 Å². The largest absolute Gasteiger partial charge is 0.353 e. The minimum Gasteiger partial charge on any atom is -0.353 e. The summed E-state index contributed by atoms with van der Waals surface area (Å²) in [6.07, 6.45) is 4.99. The molecule has 6 heteroatoms. The Balaban J connectivity index is 1.09. The molecule has 244 valence electrons. The third kappa shape index (κ3) is 7.12. The van der Waals surface area contributed by atoms with Crippen molar-refractivity contribution in [1.29, 1.82) is 5.41 Å². The highest BCUT2D eigenvalue weighted by Gasteiger charge is 2.13. The summed E-state index contributed by atoms with van der Waals surface area (Å²) in [7, 11) is 0. The van der Waals surface area contributed by atoms with Crippen molar-refractivity contribution < 1.29 is 0 Å². The highest BCUT2D eigenvalue weighted by molar-refractivity contribution is 5.97. The lowest BCUT2D eigenvalue weighted by Crippen LogP contribution is -2.42. The van der Waals surface area contributed by atoms with E-state index in [0.29, 0.717) is 11.7 Å². The minimum atomic E-state index is -0.347. The molecule has 0 spiro atoms. The van der Waals surface area contributed by atoms with Crippen LogP contribution in [0.4, 0.5) is 0 Å². The van der Waals surface area contributed by atoms with Gasteiger partial charge in [-0.25, -0.2) is 15.0 Å². The summed E-state index contributed by atoms with van der Waals surface area (Å²) >= 11 is 0. The summed E-state index contributed by atoms with van der Waals surface area (Å²) in [5.41, 5.74) is 12.3. The van der Waals surface area contributed by atoms with Gasteiger partial charge in [-0.1, -0.05) is 158 Å². The maximum atomic E-state index is 8.46. The Hall–Kier alpha value is -6.92. The van der Waals surface area contributed by atoms with Gasteiger partial charge >= 0.3 is 0 Å². The maximum absolute atomic E-state index is 8.46. The molecule has 0 radical (unpaired) electrons. The van der Waals surface area contributed by atoms with E-state index >= 15 is 0 Å². The molecule has 8 rings (SSSR count). The molecule has 1 aliphatic heterocycles. The SMILES string of the molecule is N=C(NC1N=CC=CN1)c1ccc(-c2ccc(-c3cc(-c4ccc(-c5ccccc5)cc4)nc(-c4ccc(-c5ccccc5)cc4)n3)cc2)cc1. The fraction of sp³-hybridized carbons (Fsp3) is 0.0222. The Morgan fingerprint density at radius 3 is 1.35 bits per heavy atom. The molecular weight excluding hydrogens is 625 g/mol. The molecule has 1 aliphatic rings. The topological polar surface area (TPSA) is 86.0 Å². The molecule has 6 nitrogen and oxygen atoms in total. The molecule has 1 unspecified atom stereocenters. The normalized spacial score (nSPS) is 13.4. The van der Waals surface area contributed by atoms with E-state index in [1.807, 2.05) is 42.5 Å². The molecule has 0 saturated carbocycles. The van der Waals surface area contributed by atoms with Crippen molar-refractivity contribution in [3.63, 3.8) is 0 Å². The average molecular weight is 659 g/mol. The van der Waals surface area contributed by atoms with Crippen LogP contribution in [0.15, 0.2) is 181 Å². The second-order valence-electron chi connectivity index (χ2n) is 12.2. The molecule has 1 atom stereocenters. The van der Waals surface area contributed by atoms with E-state index in [9.17, 15) is 0 Å². The van der Waals surface area contributed by atoms with Crippen molar-refractivity contribution in [2.45, 2.75) is 6.29 Å². The molecule has 7 aromatic rings. The van der Waals surface area contributed by atoms with E-state index in [1.165, 1.54) is 11.1 Å². The number of aliphatic imine (C=N–C) groups is 1. The van der Waals surface area contributed by atoms with Crippen LogP contribution in [0, 0.1) is 5.41 Å². The van der Waals surface area contributed by atoms with E-state index in [4.69, 9.17) is 15.4 Å². The number of nitrogens with one attached hydrogen (secondary N) is 3. The van der Waals surface area contributed by atoms with Gasteiger partial charge in [0.05, 0.1) is 11.4 Å². The number of hydrogen-bond acceptors (Lipinski definition) is 5. The van der Waals surface area contributed by atoms with E-state index < -0.39 is 0 Å². The van der Waals surface area contributed by atoms with Crippen molar-refractivity contribution in [2.24, 2.45) is 4.99 Å². The van der Waals surface area contributed by atoms with Crippen LogP contribution >= 0.6 is 0 Å². The number of benzene rings is 6. The van der Waals surface area contributed by atoms with Gasteiger partial charge < -0.3 is 10.6 Å². The quantitative estimate of drug-likeness (QED) is 0.112. The first-order valence-electron chi connectivity index (χ1n) is 16.9. The third-order valence-electron chi connectivity index (χ3n) is 8.90. The van der Waals surface area contributed by atoms with Gasteiger partial charge in [0.2, 0.25) is 0 Å². The number of hydrogen-bond donors (Lipinski definition) is 3. The van der Waals surface area contributed by atoms with E-state index in [0.717, 1.165) is 55.9 Å². The predicted molar refractivity (Wildman–Crippen MR) is 209 cm³/mol. The van der Waals surface area contributed by atoms with Gasteiger partial charge in [-0.3, -0.25) is 5.41 Å². The van der Waals surface area contributed by atoms with Crippen LogP contribution in [0.5, 0.6) is 0 Å². The van der Waals surface area contributed by atoms with Crippen LogP contribution in [-0.2, 0) is 0 Å². The van der Waals surface area contributed by atoms with Crippen LogP contribution in [-0.4, -0.2) is 28.3 Å². The lowest BCUT2D eigenvalue weighted by molar-refractivity contribution is 0.575. The Kier molecular flexibility index (Phi) is 8.78. The first-order valence-corrected chi connectivity index (χ1v) is 16.9. The maximum Gasteiger partial charge on any atom is 0.194 e. The van der Waals surface area contributed by atoms with Crippen molar-refractivity contribution in [3.05, 3.63) is 182 Å². The zero-order valence-electron chi connectivity index (χ0n) is 27.7. The van der Waals surface area contributed by atoms with Crippen LogP contribution in [0.2, 0.25) is 0 Å². The summed E-state index contributed by atoms with van der Waals surface area (Å²) in [6, 6.07) is 56.3.